The molecule has 0 aliphatic rings. The van der Waals surface area contributed by atoms with Crippen LogP contribution in [0.4, 0.5) is 0 Å². The first-order valence-electron chi connectivity index (χ1n) is 7.09. The molecule has 0 bridgehead atoms. The molecule has 22 heavy (non-hydrogen) atoms. The topological polar surface area (TPSA) is 70.3 Å². The van der Waals surface area contributed by atoms with E-state index in [2.05, 4.69) is 6.58 Å². The molecule has 0 saturated heterocycles. The Labute approximate surface area is 129 Å². The minimum atomic E-state index is -0.756. The number of phenolic OH excluding ortho intramolecular Hbond substituents is 1. The molecule has 2 aromatic rings. The van der Waals surface area contributed by atoms with Crippen LogP contribution >= 0.6 is 0 Å². The van der Waals surface area contributed by atoms with E-state index in [1.807, 2.05) is 37.3 Å². The van der Waals surface area contributed by atoms with E-state index in [-0.39, 0.29) is 11.3 Å². The quantitative estimate of drug-likeness (QED) is 0.514. The average molecular weight is 295 g/mol. The molecule has 0 radical (unpaired) electrons. The van der Waals surface area contributed by atoms with Crippen LogP contribution in [0.15, 0.2) is 48.6 Å². The van der Waals surface area contributed by atoms with Crippen molar-refractivity contribution < 1.29 is 14.6 Å². The number of hydrogen-bond acceptors (Lipinski definition) is 4. The van der Waals surface area contributed by atoms with Gasteiger partial charge in [-0.25, -0.2) is 4.79 Å². The highest BCUT2D eigenvalue weighted by molar-refractivity contribution is 5.93. The van der Waals surface area contributed by atoms with E-state index >= 15 is 0 Å². The molecule has 112 valence electrons. The summed E-state index contributed by atoms with van der Waals surface area (Å²) in [6.45, 7) is 5.33. The van der Waals surface area contributed by atoms with Gasteiger partial charge in [-0.2, -0.15) is 5.26 Å². The number of phenols is 1. The lowest BCUT2D eigenvalue weighted by molar-refractivity contribution is -0.144. The lowest BCUT2D eigenvalue weighted by atomic mass is 9.96. The van der Waals surface area contributed by atoms with E-state index in [1.54, 1.807) is 12.1 Å². The molecule has 1 unspecified atom stereocenters. The number of nitrogens with zero attached hydrogens (tertiary/aromatic N) is 1. The molecule has 1 N–H and O–H groups in total. The largest absolute Gasteiger partial charge is 0.508 e. The molecule has 0 amide bonds. The van der Waals surface area contributed by atoms with Crippen molar-refractivity contribution >= 4 is 16.7 Å². The highest BCUT2D eigenvalue weighted by Gasteiger charge is 2.23. The van der Waals surface area contributed by atoms with E-state index in [0.717, 1.165) is 17.2 Å². The fourth-order valence-corrected chi connectivity index (χ4v) is 2.39. The highest BCUT2D eigenvalue weighted by atomic mass is 16.5. The first-order chi connectivity index (χ1) is 10.6. The van der Waals surface area contributed by atoms with E-state index in [0.29, 0.717) is 12.0 Å². The zero-order chi connectivity index (χ0) is 16.1. The number of ether oxygens (including phenoxy) is 1. The van der Waals surface area contributed by atoms with Crippen LogP contribution in [-0.2, 0) is 9.53 Å². The van der Waals surface area contributed by atoms with Gasteiger partial charge in [0.2, 0.25) is 0 Å². The molecule has 0 spiro atoms. The SMILES string of the molecule is C=C(C#N)C(=O)OC(CCC)c1c(O)ccc2ccccc12. The summed E-state index contributed by atoms with van der Waals surface area (Å²) in [5.74, 6) is -0.680. The maximum Gasteiger partial charge on any atom is 0.348 e. The molecule has 0 heterocycles. The summed E-state index contributed by atoms with van der Waals surface area (Å²) in [7, 11) is 0. The molecule has 1 atom stereocenters. The Bertz CT molecular complexity index is 759. The van der Waals surface area contributed by atoms with Gasteiger partial charge in [0.1, 0.15) is 23.5 Å². The van der Waals surface area contributed by atoms with Crippen LogP contribution in [0.3, 0.4) is 0 Å². The highest BCUT2D eigenvalue weighted by Crippen LogP contribution is 2.36. The van der Waals surface area contributed by atoms with Gasteiger partial charge in [-0.05, 0) is 23.3 Å². The predicted octanol–water partition coefficient (Wildman–Crippen LogP) is 4.01. The van der Waals surface area contributed by atoms with Crippen LogP contribution in [-0.4, -0.2) is 11.1 Å². The second-order valence-electron chi connectivity index (χ2n) is 4.99. The molecule has 0 fully saturated rings. The van der Waals surface area contributed by atoms with E-state index < -0.39 is 12.1 Å². The number of carbonyl (C=O) groups is 1. The third-order valence-electron chi connectivity index (χ3n) is 3.45. The van der Waals surface area contributed by atoms with E-state index in [4.69, 9.17) is 10.00 Å². The van der Waals surface area contributed by atoms with Gasteiger partial charge in [0.15, 0.2) is 0 Å². The molecule has 4 heteroatoms. The Morgan fingerprint density at radius 3 is 2.77 bits per heavy atom. The summed E-state index contributed by atoms with van der Waals surface area (Å²) >= 11 is 0. The van der Waals surface area contributed by atoms with Crippen LogP contribution in [0.5, 0.6) is 5.75 Å². The van der Waals surface area contributed by atoms with Crippen LogP contribution < -0.4 is 0 Å². The number of esters is 1. The van der Waals surface area contributed by atoms with Crippen molar-refractivity contribution in [2.24, 2.45) is 0 Å². The fraction of sp³-hybridized carbons (Fsp3) is 0.222. The lowest BCUT2D eigenvalue weighted by Crippen LogP contribution is -2.13. The number of carbonyl (C=O) groups excluding carboxylic acids is 1. The summed E-state index contributed by atoms with van der Waals surface area (Å²) in [4.78, 5) is 11.9. The molecule has 2 aromatic carbocycles. The molecule has 0 aromatic heterocycles. The summed E-state index contributed by atoms with van der Waals surface area (Å²) in [6, 6.07) is 12.7. The fourth-order valence-electron chi connectivity index (χ4n) is 2.39. The van der Waals surface area contributed by atoms with Crippen molar-refractivity contribution in [1.29, 1.82) is 5.26 Å². The van der Waals surface area contributed by atoms with Gasteiger partial charge in [-0.15, -0.1) is 0 Å². The third kappa shape index (κ3) is 3.09. The van der Waals surface area contributed by atoms with Gasteiger partial charge in [0.05, 0.1) is 0 Å². The van der Waals surface area contributed by atoms with Crippen LogP contribution in [0.25, 0.3) is 10.8 Å². The second kappa shape index (κ2) is 6.77. The molecule has 0 saturated carbocycles. The summed E-state index contributed by atoms with van der Waals surface area (Å²) in [5, 5.41) is 20.8. The maximum absolute atomic E-state index is 11.9. The zero-order valence-electron chi connectivity index (χ0n) is 12.4. The average Bonchev–Trinajstić information content (AvgIpc) is 2.53. The smallest absolute Gasteiger partial charge is 0.348 e. The van der Waals surface area contributed by atoms with Crippen molar-refractivity contribution in [1.82, 2.24) is 0 Å². The standard InChI is InChI=1S/C18H17NO3/c1-3-6-16(22-18(21)12(2)11-19)17-14-8-5-4-7-13(14)9-10-15(17)20/h4-5,7-10,16,20H,2-3,6H2,1H3. The number of aromatic hydroxyl groups is 1. The van der Waals surface area contributed by atoms with Gasteiger partial charge in [0.25, 0.3) is 0 Å². The molecule has 4 nitrogen and oxygen atoms in total. The van der Waals surface area contributed by atoms with Crippen LogP contribution in [0.1, 0.15) is 31.4 Å². The Hall–Kier alpha value is -2.80. The van der Waals surface area contributed by atoms with Crippen molar-refractivity contribution in [3.05, 3.63) is 54.1 Å². The Morgan fingerprint density at radius 1 is 1.36 bits per heavy atom. The lowest BCUT2D eigenvalue weighted by Gasteiger charge is -2.20. The molecule has 0 aliphatic carbocycles. The normalized spacial score (nSPS) is 11.6. The number of fused-ring (bicyclic) bond motifs is 1. The van der Waals surface area contributed by atoms with Crippen LogP contribution in [0.2, 0.25) is 0 Å². The zero-order valence-corrected chi connectivity index (χ0v) is 12.4. The van der Waals surface area contributed by atoms with Gasteiger partial charge >= 0.3 is 5.97 Å². The molecule has 2 rings (SSSR count). The number of benzene rings is 2. The summed E-state index contributed by atoms with van der Waals surface area (Å²) < 4.78 is 5.40. The minimum Gasteiger partial charge on any atom is -0.508 e. The van der Waals surface area contributed by atoms with Crippen molar-refractivity contribution in [2.45, 2.75) is 25.9 Å². The van der Waals surface area contributed by atoms with Gasteiger partial charge in [-0.1, -0.05) is 50.3 Å². The minimum absolute atomic E-state index is 0.0764. The number of rotatable bonds is 5. The molecular weight excluding hydrogens is 278 g/mol. The maximum atomic E-state index is 11.9. The first-order valence-corrected chi connectivity index (χ1v) is 7.09. The van der Waals surface area contributed by atoms with Gasteiger partial charge in [0, 0.05) is 5.56 Å². The van der Waals surface area contributed by atoms with Crippen molar-refractivity contribution in [3.8, 4) is 11.8 Å². The monoisotopic (exact) mass is 295 g/mol. The van der Waals surface area contributed by atoms with Crippen LogP contribution in [0, 0.1) is 11.3 Å². The van der Waals surface area contributed by atoms with E-state index in [9.17, 15) is 9.90 Å². The Kier molecular flexibility index (Phi) is 4.80. The van der Waals surface area contributed by atoms with Gasteiger partial charge < -0.3 is 9.84 Å². The number of hydrogen-bond donors (Lipinski definition) is 1. The Balaban J connectivity index is 2.49. The number of nitriles is 1. The van der Waals surface area contributed by atoms with Crippen molar-refractivity contribution in [2.75, 3.05) is 0 Å². The molecular formula is C18H17NO3. The van der Waals surface area contributed by atoms with Gasteiger partial charge in [-0.3, -0.25) is 0 Å². The first kappa shape index (κ1) is 15.6. The summed E-state index contributed by atoms with van der Waals surface area (Å²) in [5.41, 5.74) is 0.319. The van der Waals surface area contributed by atoms with E-state index in [1.165, 1.54) is 0 Å². The second-order valence-corrected chi connectivity index (χ2v) is 4.99. The van der Waals surface area contributed by atoms with Crippen molar-refractivity contribution in [3.63, 3.8) is 0 Å². The predicted molar refractivity (Wildman–Crippen MR) is 84.1 cm³/mol. The summed E-state index contributed by atoms with van der Waals surface area (Å²) in [6.07, 6.45) is 0.694. The third-order valence-corrected chi connectivity index (χ3v) is 3.45. The molecule has 0 aliphatic heterocycles. The Morgan fingerprint density at radius 2 is 2.09 bits per heavy atom.